The Bertz CT molecular complexity index is 762. The predicted octanol–water partition coefficient (Wildman–Crippen LogP) is 3.57. The summed E-state index contributed by atoms with van der Waals surface area (Å²) in [5.41, 5.74) is 0.447. The number of hydrogen-bond acceptors (Lipinski definition) is 5. The summed E-state index contributed by atoms with van der Waals surface area (Å²) in [7, 11) is 0. The van der Waals surface area contributed by atoms with Gasteiger partial charge in [-0.25, -0.2) is 0 Å². The van der Waals surface area contributed by atoms with Crippen molar-refractivity contribution in [2.45, 2.75) is 37.8 Å². The average molecular weight is 411 g/mol. The molecule has 5 heteroatoms. The number of β-amino-alcohol motifs (C(OH)–C–C–N with tert-alkyl or cyclic N) is 1. The topological polar surface area (TPSA) is 45.2 Å². The number of hydrogen-bond donors (Lipinski definition) is 1. The number of piperidine rings is 1. The van der Waals surface area contributed by atoms with Crippen molar-refractivity contribution in [1.29, 1.82) is 0 Å². The Morgan fingerprint density at radius 1 is 0.800 bits per heavy atom. The summed E-state index contributed by atoms with van der Waals surface area (Å²) in [6.45, 7) is 6.98. The van der Waals surface area contributed by atoms with Crippen molar-refractivity contribution in [3.63, 3.8) is 0 Å². The summed E-state index contributed by atoms with van der Waals surface area (Å²) in [5, 5.41) is 11.0. The van der Waals surface area contributed by atoms with Crippen molar-refractivity contribution in [1.82, 2.24) is 9.80 Å². The number of likely N-dealkylation sites (tertiary alicyclic amines) is 2. The molecule has 2 saturated heterocycles. The number of para-hydroxylation sites is 1. The fourth-order valence-corrected chi connectivity index (χ4v) is 4.44. The number of benzene rings is 2. The van der Waals surface area contributed by atoms with E-state index in [2.05, 4.69) is 34.1 Å². The van der Waals surface area contributed by atoms with E-state index in [0.29, 0.717) is 13.2 Å². The van der Waals surface area contributed by atoms with Crippen LogP contribution in [-0.4, -0.2) is 66.4 Å². The highest BCUT2D eigenvalue weighted by Crippen LogP contribution is 2.24. The predicted molar refractivity (Wildman–Crippen MR) is 119 cm³/mol. The second-order valence-corrected chi connectivity index (χ2v) is 8.68. The monoisotopic (exact) mass is 410 g/mol. The van der Waals surface area contributed by atoms with E-state index in [9.17, 15) is 5.11 Å². The molecule has 1 N–H and O–H groups in total. The standard InChI is InChI=1S/C25H34N2O3/c28-25(21-30-23-7-2-1-3-8-23)13-6-16-27(20-25)19-22-9-11-24(12-10-22)29-18-17-26-14-4-5-15-26/h1-3,7-12,28H,4-6,13-21H2/t25-/m0/s1. The summed E-state index contributed by atoms with van der Waals surface area (Å²) >= 11 is 0. The van der Waals surface area contributed by atoms with Crippen LogP contribution in [-0.2, 0) is 6.54 Å². The molecule has 2 aliphatic heterocycles. The summed E-state index contributed by atoms with van der Waals surface area (Å²) < 4.78 is 11.7. The Kier molecular flexibility index (Phi) is 7.26. The largest absolute Gasteiger partial charge is 0.492 e. The number of nitrogens with zero attached hydrogens (tertiary/aromatic N) is 2. The van der Waals surface area contributed by atoms with Gasteiger partial charge in [0.2, 0.25) is 0 Å². The van der Waals surface area contributed by atoms with E-state index in [-0.39, 0.29) is 0 Å². The van der Waals surface area contributed by atoms with Gasteiger partial charge in [0, 0.05) is 19.6 Å². The van der Waals surface area contributed by atoms with Gasteiger partial charge >= 0.3 is 0 Å². The van der Waals surface area contributed by atoms with Crippen LogP contribution in [0.2, 0.25) is 0 Å². The lowest BCUT2D eigenvalue weighted by Crippen LogP contribution is -2.51. The van der Waals surface area contributed by atoms with Crippen LogP contribution in [0.25, 0.3) is 0 Å². The molecule has 2 fully saturated rings. The molecule has 0 saturated carbocycles. The Morgan fingerprint density at radius 3 is 2.27 bits per heavy atom. The van der Waals surface area contributed by atoms with Gasteiger partial charge in [0.15, 0.2) is 0 Å². The zero-order valence-corrected chi connectivity index (χ0v) is 17.8. The van der Waals surface area contributed by atoms with E-state index in [4.69, 9.17) is 9.47 Å². The van der Waals surface area contributed by atoms with Crippen LogP contribution >= 0.6 is 0 Å². The first-order chi connectivity index (χ1) is 14.7. The lowest BCUT2D eigenvalue weighted by molar-refractivity contribution is -0.0621. The van der Waals surface area contributed by atoms with Crippen molar-refractivity contribution < 1.29 is 14.6 Å². The molecule has 0 aliphatic carbocycles. The minimum absolute atomic E-state index is 0.331. The Hall–Kier alpha value is -2.08. The maximum Gasteiger partial charge on any atom is 0.119 e. The Labute approximate surface area is 180 Å². The van der Waals surface area contributed by atoms with Crippen molar-refractivity contribution in [3.8, 4) is 11.5 Å². The Morgan fingerprint density at radius 2 is 1.50 bits per heavy atom. The van der Waals surface area contributed by atoms with Gasteiger partial charge < -0.3 is 14.6 Å². The van der Waals surface area contributed by atoms with Crippen molar-refractivity contribution in [3.05, 3.63) is 60.2 Å². The maximum absolute atomic E-state index is 11.0. The molecule has 2 aromatic carbocycles. The van der Waals surface area contributed by atoms with Gasteiger partial charge in [-0.2, -0.15) is 0 Å². The summed E-state index contributed by atoms with van der Waals surface area (Å²) in [5.74, 6) is 1.74. The smallest absolute Gasteiger partial charge is 0.119 e. The second-order valence-electron chi connectivity index (χ2n) is 8.68. The van der Waals surface area contributed by atoms with E-state index in [0.717, 1.165) is 50.6 Å². The summed E-state index contributed by atoms with van der Waals surface area (Å²) in [6.07, 6.45) is 4.39. The normalized spacial score (nSPS) is 22.8. The summed E-state index contributed by atoms with van der Waals surface area (Å²) in [4.78, 5) is 4.79. The van der Waals surface area contributed by atoms with Crippen LogP contribution in [0.4, 0.5) is 0 Å². The molecular formula is C25H34N2O3. The molecule has 2 aliphatic rings. The van der Waals surface area contributed by atoms with Crippen LogP contribution in [0.15, 0.2) is 54.6 Å². The van der Waals surface area contributed by atoms with Crippen molar-refractivity contribution in [2.24, 2.45) is 0 Å². The number of rotatable bonds is 9. The first kappa shape index (κ1) is 21.2. The minimum atomic E-state index is -0.799. The van der Waals surface area contributed by atoms with E-state index >= 15 is 0 Å². The third-order valence-corrected chi connectivity index (χ3v) is 6.09. The van der Waals surface area contributed by atoms with Gasteiger partial charge in [-0.3, -0.25) is 9.80 Å². The molecule has 162 valence electrons. The zero-order valence-electron chi connectivity index (χ0n) is 17.8. The van der Waals surface area contributed by atoms with Crippen molar-refractivity contribution in [2.75, 3.05) is 45.9 Å². The fraction of sp³-hybridized carbons (Fsp3) is 0.520. The molecule has 0 spiro atoms. The molecule has 0 aromatic heterocycles. The van der Waals surface area contributed by atoms with Crippen LogP contribution in [0.5, 0.6) is 11.5 Å². The van der Waals surface area contributed by atoms with E-state index in [1.165, 1.54) is 31.5 Å². The van der Waals surface area contributed by atoms with Gasteiger partial charge in [-0.1, -0.05) is 30.3 Å². The third-order valence-electron chi connectivity index (χ3n) is 6.09. The highest BCUT2D eigenvalue weighted by molar-refractivity contribution is 5.27. The quantitative estimate of drug-likeness (QED) is 0.685. The van der Waals surface area contributed by atoms with E-state index in [1.54, 1.807) is 0 Å². The van der Waals surface area contributed by atoms with Crippen LogP contribution in [0.1, 0.15) is 31.2 Å². The molecule has 30 heavy (non-hydrogen) atoms. The Balaban J connectivity index is 1.23. The molecule has 0 unspecified atom stereocenters. The fourth-order valence-electron chi connectivity index (χ4n) is 4.44. The van der Waals surface area contributed by atoms with Crippen molar-refractivity contribution >= 4 is 0 Å². The van der Waals surface area contributed by atoms with Gasteiger partial charge in [0.05, 0.1) is 0 Å². The van der Waals surface area contributed by atoms with Crippen LogP contribution in [0.3, 0.4) is 0 Å². The van der Waals surface area contributed by atoms with Gasteiger partial charge in [-0.05, 0) is 75.1 Å². The molecule has 1 atom stereocenters. The van der Waals surface area contributed by atoms with E-state index in [1.807, 2.05) is 30.3 Å². The average Bonchev–Trinajstić information content (AvgIpc) is 3.28. The van der Waals surface area contributed by atoms with E-state index < -0.39 is 5.60 Å². The minimum Gasteiger partial charge on any atom is -0.492 e. The second kappa shape index (κ2) is 10.3. The molecule has 5 nitrogen and oxygen atoms in total. The molecular weight excluding hydrogens is 376 g/mol. The lowest BCUT2D eigenvalue weighted by atomic mass is 9.93. The molecule has 0 bridgehead atoms. The zero-order chi connectivity index (χ0) is 20.7. The summed E-state index contributed by atoms with van der Waals surface area (Å²) in [6, 6.07) is 18.1. The van der Waals surface area contributed by atoms with Gasteiger partial charge in [0.25, 0.3) is 0 Å². The number of aliphatic hydroxyl groups is 1. The lowest BCUT2D eigenvalue weighted by Gasteiger charge is -2.39. The van der Waals surface area contributed by atoms with Crippen LogP contribution < -0.4 is 9.47 Å². The molecule has 0 radical (unpaired) electrons. The van der Waals surface area contributed by atoms with Crippen LogP contribution in [0, 0.1) is 0 Å². The molecule has 0 amide bonds. The van der Waals surface area contributed by atoms with Gasteiger partial charge in [0.1, 0.15) is 30.3 Å². The maximum atomic E-state index is 11.0. The van der Waals surface area contributed by atoms with Gasteiger partial charge in [-0.15, -0.1) is 0 Å². The molecule has 4 rings (SSSR count). The molecule has 2 aromatic rings. The number of ether oxygens (including phenoxy) is 2. The highest BCUT2D eigenvalue weighted by atomic mass is 16.5. The molecule has 2 heterocycles. The first-order valence-corrected chi connectivity index (χ1v) is 11.3. The SMILES string of the molecule is O[C@@]1(COc2ccccc2)CCCN(Cc2ccc(OCCN3CCCC3)cc2)C1. The first-order valence-electron chi connectivity index (χ1n) is 11.3. The third kappa shape index (κ3) is 6.21. The highest BCUT2D eigenvalue weighted by Gasteiger charge is 2.34.